The van der Waals surface area contributed by atoms with Gasteiger partial charge in [0.15, 0.2) is 6.61 Å². The Morgan fingerprint density at radius 3 is 2.24 bits per heavy atom. The molecule has 0 aliphatic rings. The minimum Gasteiger partial charge on any atom is -0.497 e. The van der Waals surface area contributed by atoms with Crippen molar-refractivity contribution in [1.29, 1.82) is 0 Å². The first-order chi connectivity index (χ1) is 12.1. The van der Waals surface area contributed by atoms with Crippen LogP contribution in [0.5, 0.6) is 11.5 Å². The zero-order valence-electron chi connectivity index (χ0n) is 14.5. The van der Waals surface area contributed by atoms with Gasteiger partial charge in [0.2, 0.25) is 0 Å². The molecule has 0 aliphatic carbocycles. The van der Waals surface area contributed by atoms with Gasteiger partial charge in [0.1, 0.15) is 11.5 Å². The van der Waals surface area contributed by atoms with Gasteiger partial charge in [-0.1, -0.05) is 25.1 Å². The van der Waals surface area contributed by atoms with E-state index in [1.54, 1.807) is 6.07 Å². The number of rotatable bonds is 7. The predicted octanol–water partition coefficient (Wildman–Crippen LogP) is 3.06. The number of hydrogen-bond acceptors (Lipinski definition) is 5. The van der Waals surface area contributed by atoms with E-state index in [9.17, 15) is 9.59 Å². The highest BCUT2D eigenvalue weighted by Gasteiger charge is 2.14. The van der Waals surface area contributed by atoms with Gasteiger partial charge in [0.05, 0.1) is 19.8 Å². The lowest BCUT2D eigenvalue weighted by Gasteiger charge is -2.11. The van der Waals surface area contributed by atoms with Crippen LogP contribution in [0.4, 0.5) is 5.69 Å². The summed E-state index contributed by atoms with van der Waals surface area (Å²) in [6, 6.07) is 12.2. The van der Waals surface area contributed by atoms with Crippen molar-refractivity contribution in [2.75, 3.05) is 26.1 Å². The average Bonchev–Trinajstić information content (AvgIpc) is 2.65. The van der Waals surface area contributed by atoms with Crippen LogP contribution in [0.25, 0.3) is 0 Å². The van der Waals surface area contributed by atoms with Crippen LogP contribution in [-0.4, -0.2) is 32.7 Å². The van der Waals surface area contributed by atoms with Crippen molar-refractivity contribution in [3.63, 3.8) is 0 Å². The maximum atomic E-state index is 12.1. The summed E-state index contributed by atoms with van der Waals surface area (Å²) in [7, 11) is 2.98. The van der Waals surface area contributed by atoms with E-state index in [4.69, 9.17) is 14.2 Å². The molecule has 25 heavy (non-hydrogen) atoms. The minimum absolute atomic E-state index is 0.248. The number of hydrogen-bond donors (Lipinski definition) is 1. The summed E-state index contributed by atoms with van der Waals surface area (Å²) < 4.78 is 15.3. The van der Waals surface area contributed by atoms with Crippen molar-refractivity contribution in [2.24, 2.45) is 0 Å². The number of anilines is 1. The number of methoxy groups -OCH3 is 2. The van der Waals surface area contributed by atoms with Gasteiger partial charge in [0, 0.05) is 11.8 Å². The lowest BCUT2D eigenvalue weighted by molar-refractivity contribution is -0.119. The Hall–Kier alpha value is -3.02. The van der Waals surface area contributed by atoms with Crippen LogP contribution in [-0.2, 0) is 16.0 Å². The van der Waals surface area contributed by atoms with Crippen LogP contribution in [0.2, 0.25) is 0 Å². The molecule has 2 aromatic rings. The molecule has 132 valence electrons. The van der Waals surface area contributed by atoms with Crippen LogP contribution in [0.1, 0.15) is 22.8 Å². The van der Waals surface area contributed by atoms with Gasteiger partial charge in [-0.25, -0.2) is 4.79 Å². The summed E-state index contributed by atoms with van der Waals surface area (Å²) in [6.07, 6.45) is 0.792. The molecular formula is C19H21NO5. The van der Waals surface area contributed by atoms with E-state index < -0.39 is 11.9 Å². The third kappa shape index (κ3) is 4.97. The number of nitrogens with one attached hydrogen (secondary N) is 1. The average molecular weight is 343 g/mol. The Kier molecular flexibility index (Phi) is 6.39. The summed E-state index contributed by atoms with van der Waals surface area (Å²) in [4.78, 5) is 24.2. The fourth-order valence-electron chi connectivity index (χ4n) is 2.28. The van der Waals surface area contributed by atoms with E-state index in [0.717, 1.165) is 12.0 Å². The van der Waals surface area contributed by atoms with E-state index in [2.05, 4.69) is 5.32 Å². The lowest BCUT2D eigenvalue weighted by Crippen LogP contribution is -2.21. The second kappa shape index (κ2) is 8.73. The summed E-state index contributed by atoms with van der Waals surface area (Å²) >= 11 is 0. The van der Waals surface area contributed by atoms with Crippen LogP contribution >= 0.6 is 0 Å². The van der Waals surface area contributed by atoms with Crippen molar-refractivity contribution in [1.82, 2.24) is 0 Å². The van der Waals surface area contributed by atoms with Crippen molar-refractivity contribution >= 4 is 17.6 Å². The molecule has 0 bridgehead atoms. The molecule has 6 nitrogen and oxygen atoms in total. The van der Waals surface area contributed by atoms with Gasteiger partial charge < -0.3 is 19.5 Å². The number of benzene rings is 2. The Morgan fingerprint density at radius 1 is 1.00 bits per heavy atom. The van der Waals surface area contributed by atoms with Crippen molar-refractivity contribution in [3.05, 3.63) is 53.6 Å². The minimum atomic E-state index is -0.629. The third-order valence-corrected chi connectivity index (χ3v) is 3.59. The predicted molar refractivity (Wildman–Crippen MR) is 94.3 cm³/mol. The standard InChI is InChI=1S/C19H21NO5/c1-4-13-7-5-6-8-17(13)20-18(21)12-25-19(22)14-9-15(23-2)11-16(10-14)24-3/h5-11H,4,12H2,1-3H3,(H,20,21). The molecule has 0 unspecified atom stereocenters. The van der Waals surface area contributed by atoms with Gasteiger partial charge >= 0.3 is 5.97 Å². The topological polar surface area (TPSA) is 73.9 Å². The molecule has 1 N–H and O–H groups in total. The number of carbonyl (C=O) groups is 2. The Balaban J connectivity index is 1.98. The number of aryl methyl sites for hydroxylation is 1. The maximum Gasteiger partial charge on any atom is 0.338 e. The van der Waals surface area contributed by atoms with E-state index in [-0.39, 0.29) is 12.2 Å². The second-order valence-corrected chi connectivity index (χ2v) is 5.24. The molecule has 0 saturated carbocycles. The number of amides is 1. The summed E-state index contributed by atoms with van der Waals surface area (Å²) in [5.41, 5.74) is 1.98. The Labute approximate surface area is 146 Å². The molecule has 0 aromatic heterocycles. The molecular weight excluding hydrogens is 322 g/mol. The summed E-state index contributed by atoms with van der Waals surface area (Å²) in [6.45, 7) is 1.62. The van der Waals surface area contributed by atoms with Crippen molar-refractivity contribution in [2.45, 2.75) is 13.3 Å². The zero-order valence-corrected chi connectivity index (χ0v) is 14.5. The highest BCUT2D eigenvalue weighted by molar-refractivity contribution is 5.96. The highest BCUT2D eigenvalue weighted by atomic mass is 16.5. The van der Waals surface area contributed by atoms with Gasteiger partial charge in [-0.05, 0) is 30.2 Å². The van der Waals surface area contributed by atoms with E-state index in [1.807, 2.05) is 31.2 Å². The molecule has 2 rings (SSSR count). The fourth-order valence-corrected chi connectivity index (χ4v) is 2.28. The fraction of sp³-hybridized carbons (Fsp3) is 0.263. The zero-order chi connectivity index (χ0) is 18.2. The van der Waals surface area contributed by atoms with E-state index in [1.165, 1.54) is 26.4 Å². The molecule has 0 atom stereocenters. The summed E-state index contributed by atoms with van der Waals surface area (Å²) in [5, 5.41) is 2.75. The molecule has 0 fully saturated rings. The Morgan fingerprint density at radius 2 is 1.64 bits per heavy atom. The first kappa shape index (κ1) is 18.3. The molecule has 0 heterocycles. The number of para-hydroxylation sites is 1. The van der Waals surface area contributed by atoms with Crippen LogP contribution < -0.4 is 14.8 Å². The first-order valence-corrected chi connectivity index (χ1v) is 7.85. The smallest absolute Gasteiger partial charge is 0.338 e. The molecule has 0 saturated heterocycles. The molecule has 0 radical (unpaired) electrons. The maximum absolute atomic E-state index is 12.1. The molecule has 1 amide bonds. The largest absolute Gasteiger partial charge is 0.497 e. The highest BCUT2D eigenvalue weighted by Crippen LogP contribution is 2.23. The SMILES string of the molecule is CCc1ccccc1NC(=O)COC(=O)c1cc(OC)cc(OC)c1. The van der Waals surface area contributed by atoms with Crippen LogP contribution in [0.3, 0.4) is 0 Å². The van der Waals surface area contributed by atoms with Gasteiger partial charge in [-0.15, -0.1) is 0 Å². The molecule has 2 aromatic carbocycles. The van der Waals surface area contributed by atoms with Crippen molar-refractivity contribution < 1.29 is 23.8 Å². The van der Waals surface area contributed by atoms with Gasteiger partial charge in [-0.3, -0.25) is 4.79 Å². The number of esters is 1. The van der Waals surface area contributed by atoms with Crippen LogP contribution in [0, 0.1) is 0 Å². The van der Waals surface area contributed by atoms with E-state index >= 15 is 0 Å². The number of carbonyl (C=O) groups excluding carboxylic acids is 2. The second-order valence-electron chi connectivity index (χ2n) is 5.24. The molecule has 0 spiro atoms. The molecule has 6 heteroatoms. The third-order valence-electron chi connectivity index (χ3n) is 3.59. The number of ether oxygens (including phenoxy) is 3. The normalized spacial score (nSPS) is 10.0. The van der Waals surface area contributed by atoms with Gasteiger partial charge in [0.25, 0.3) is 5.91 Å². The lowest BCUT2D eigenvalue weighted by atomic mass is 10.1. The van der Waals surface area contributed by atoms with E-state index in [0.29, 0.717) is 17.2 Å². The summed E-state index contributed by atoms with van der Waals surface area (Å²) in [5.74, 6) is -0.0968. The van der Waals surface area contributed by atoms with Gasteiger partial charge in [-0.2, -0.15) is 0 Å². The quantitative estimate of drug-likeness (QED) is 0.782. The molecule has 0 aliphatic heterocycles. The first-order valence-electron chi connectivity index (χ1n) is 7.85. The van der Waals surface area contributed by atoms with Crippen molar-refractivity contribution in [3.8, 4) is 11.5 Å². The van der Waals surface area contributed by atoms with Crippen LogP contribution in [0.15, 0.2) is 42.5 Å². The Bertz CT molecular complexity index is 735. The monoisotopic (exact) mass is 343 g/mol.